The number of hydrogen-bond donors (Lipinski definition) is 1. The lowest BCUT2D eigenvalue weighted by Gasteiger charge is -2.14. The van der Waals surface area contributed by atoms with Crippen LogP contribution in [0, 0.1) is 11.3 Å². The van der Waals surface area contributed by atoms with Gasteiger partial charge >= 0.3 is 5.97 Å². The number of ether oxygens (including phenoxy) is 1. The van der Waals surface area contributed by atoms with Crippen LogP contribution in [0.25, 0.3) is 0 Å². The topological polar surface area (TPSA) is 79.2 Å². The first-order valence-electron chi connectivity index (χ1n) is 8.18. The minimum Gasteiger partial charge on any atom is -0.449 e. The molecule has 0 bridgehead atoms. The minimum atomic E-state index is -0.987. The molecule has 0 fully saturated rings. The number of hydrogen-bond acceptors (Lipinski definition) is 5. The Hall–Kier alpha value is -2.78. The quantitative estimate of drug-likeness (QED) is 0.609. The number of nitriles is 1. The molecule has 0 aliphatic heterocycles. The highest BCUT2D eigenvalue weighted by molar-refractivity contribution is 7.99. The minimum absolute atomic E-state index is 0.345. The third-order valence-corrected chi connectivity index (χ3v) is 4.44. The summed E-state index contributed by atoms with van der Waals surface area (Å²) in [5, 5.41) is 12.1. The molecule has 134 valence electrons. The Morgan fingerprint density at radius 3 is 2.35 bits per heavy atom. The van der Waals surface area contributed by atoms with E-state index >= 15 is 0 Å². The van der Waals surface area contributed by atoms with Crippen molar-refractivity contribution in [3.63, 3.8) is 0 Å². The largest absolute Gasteiger partial charge is 0.449 e. The number of thioether (sulfide) groups is 1. The molecule has 5 nitrogen and oxygen atoms in total. The Kier molecular flexibility index (Phi) is 6.81. The molecule has 26 heavy (non-hydrogen) atoms. The van der Waals surface area contributed by atoms with Crippen molar-refractivity contribution in [3.8, 4) is 6.07 Å². The Labute approximate surface area is 157 Å². The molecule has 0 aliphatic rings. The Morgan fingerprint density at radius 2 is 1.73 bits per heavy atom. The fourth-order valence-electron chi connectivity index (χ4n) is 2.15. The summed E-state index contributed by atoms with van der Waals surface area (Å²) in [6, 6.07) is 15.7. The van der Waals surface area contributed by atoms with Crippen molar-refractivity contribution in [3.05, 3.63) is 59.7 Å². The average Bonchev–Trinajstić information content (AvgIpc) is 2.62. The number of anilines is 1. The van der Waals surface area contributed by atoms with E-state index < -0.39 is 18.0 Å². The van der Waals surface area contributed by atoms with Gasteiger partial charge in [0, 0.05) is 10.1 Å². The van der Waals surface area contributed by atoms with Crippen molar-refractivity contribution in [2.45, 2.75) is 37.0 Å². The predicted molar refractivity (Wildman–Crippen MR) is 102 cm³/mol. The molecule has 0 spiro atoms. The monoisotopic (exact) mass is 368 g/mol. The molecular formula is C20H20N2O3S. The molecule has 0 heterocycles. The van der Waals surface area contributed by atoms with Crippen LogP contribution in [-0.4, -0.2) is 23.2 Å². The van der Waals surface area contributed by atoms with Gasteiger partial charge in [0.2, 0.25) is 0 Å². The normalized spacial score (nSPS) is 11.5. The van der Waals surface area contributed by atoms with Crippen LogP contribution in [-0.2, 0) is 9.53 Å². The smallest absolute Gasteiger partial charge is 0.338 e. The van der Waals surface area contributed by atoms with Gasteiger partial charge in [0.05, 0.1) is 16.8 Å². The van der Waals surface area contributed by atoms with Crippen LogP contribution in [0.15, 0.2) is 53.4 Å². The van der Waals surface area contributed by atoms with Crippen molar-refractivity contribution in [2.24, 2.45) is 0 Å². The second kappa shape index (κ2) is 9.07. The van der Waals surface area contributed by atoms with Crippen LogP contribution in [0.3, 0.4) is 0 Å². The maximum absolute atomic E-state index is 12.2. The molecule has 1 atom stereocenters. The lowest BCUT2D eigenvalue weighted by molar-refractivity contribution is -0.123. The summed E-state index contributed by atoms with van der Waals surface area (Å²) in [4.78, 5) is 25.5. The van der Waals surface area contributed by atoms with Crippen LogP contribution in [0.4, 0.5) is 5.69 Å². The highest BCUT2D eigenvalue weighted by Crippen LogP contribution is 2.23. The van der Waals surface area contributed by atoms with Crippen molar-refractivity contribution in [1.82, 2.24) is 0 Å². The SMILES string of the molecule is CC(C)Sc1ccc(C(=O)O[C@@H](C)C(=O)Nc2ccccc2C#N)cc1. The summed E-state index contributed by atoms with van der Waals surface area (Å²) in [5.74, 6) is -1.06. The van der Waals surface area contributed by atoms with Crippen molar-refractivity contribution in [2.75, 3.05) is 5.32 Å². The standard InChI is InChI=1S/C20H20N2O3S/c1-13(2)26-17-10-8-15(9-11-17)20(24)25-14(3)19(23)22-18-7-5-4-6-16(18)12-21/h4-11,13-14H,1-3H3,(H,22,23)/t14-/m0/s1. The average molecular weight is 368 g/mol. The summed E-state index contributed by atoms with van der Waals surface area (Å²) in [7, 11) is 0. The molecule has 1 amide bonds. The van der Waals surface area contributed by atoms with Gasteiger partial charge in [-0.25, -0.2) is 4.79 Å². The van der Waals surface area contributed by atoms with Crippen molar-refractivity contribution in [1.29, 1.82) is 5.26 Å². The van der Waals surface area contributed by atoms with Gasteiger partial charge in [-0.2, -0.15) is 5.26 Å². The first-order valence-corrected chi connectivity index (χ1v) is 9.06. The van der Waals surface area contributed by atoms with Gasteiger partial charge in [-0.05, 0) is 43.3 Å². The Bertz CT molecular complexity index is 826. The van der Waals surface area contributed by atoms with Crippen molar-refractivity contribution >= 4 is 29.3 Å². The van der Waals surface area contributed by atoms with Crippen LogP contribution in [0.2, 0.25) is 0 Å². The zero-order chi connectivity index (χ0) is 19.1. The van der Waals surface area contributed by atoms with Gasteiger partial charge in [-0.3, -0.25) is 4.79 Å². The lowest BCUT2D eigenvalue weighted by Crippen LogP contribution is -2.30. The molecule has 1 N–H and O–H groups in total. The van der Waals surface area contributed by atoms with Crippen LogP contribution in [0.5, 0.6) is 0 Å². The predicted octanol–water partition coefficient (Wildman–Crippen LogP) is 4.24. The zero-order valence-electron chi connectivity index (χ0n) is 14.9. The fourth-order valence-corrected chi connectivity index (χ4v) is 2.99. The molecule has 0 unspecified atom stereocenters. The van der Waals surface area contributed by atoms with Crippen LogP contribution >= 0.6 is 11.8 Å². The van der Waals surface area contributed by atoms with Gasteiger partial charge < -0.3 is 10.1 Å². The number of nitrogens with zero attached hydrogens (tertiary/aromatic N) is 1. The molecule has 0 radical (unpaired) electrons. The molecule has 0 aliphatic carbocycles. The number of carbonyl (C=O) groups is 2. The van der Waals surface area contributed by atoms with E-state index in [1.807, 2.05) is 18.2 Å². The van der Waals surface area contributed by atoms with Crippen LogP contribution < -0.4 is 5.32 Å². The summed E-state index contributed by atoms with van der Waals surface area (Å²) >= 11 is 1.70. The maximum Gasteiger partial charge on any atom is 0.338 e. The number of amides is 1. The van der Waals surface area contributed by atoms with E-state index in [1.54, 1.807) is 48.2 Å². The summed E-state index contributed by atoms with van der Waals surface area (Å²) in [5.41, 5.74) is 1.12. The Morgan fingerprint density at radius 1 is 1.08 bits per heavy atom. The summed E-state index contributed by atoms with van der Waals surface area (Å²) < 4.78 is 5.22. The van der Waals surface area contributed by atoms with E-state index in [0.717, 1.165) is 4.90 Å². The fraction of sp³-hybridized carbons (Fsp3) is 0.250. The van der Waals surface area contributed by atoms with Gasteiger partial charge in [0.25, 0.3) is 5.91 Å². The molecule has 0 saturated heterocycles. The van der Waals surface area contributed by atoms with E-state index in [0.29, 0.717) is 22.1 Å². The van der Waals surface area contributed by atoms with Gasteiger partial charge in [0.1, 0.15) is 6.07 Å². The zero-order valence-corrected chi connectivity index (χ0v) is 15.7. The summed E-state index contributed by atoms with van der Waals surface area (Å²) in [6.45, 7) is 5.68. The van der Waals surface area contributed by atoms with Gasteiger partial charge in [-0.1, -0.05) is 26.0 Å². The third-order valence-electron chi connectivity index (χ3n) is 3.42. The second-order valence-corrected chi connectivity index (χ2v) is 7.54. The van der Waals surface area contributed by atoms with E-state index in [1.165, 1.54) is 6.92 Å². The number of nitrogens with one attached hydrogen (secondary N) is 1. The van der Waals surface area contributed by atoms with E-state index in [-0.39, 0.29) is 0 Å². The maximum atomic E-state index is 12.2. The lowest BCUT2D eigenvalue weighted by atomic mass is 10.2. The highest BCUT2D eigenvalue weighted by Gasteiger charge is 2.20. The molecule has 6 heteroatoms. The first-order chi connectivity index (χ1) is 12.4. The summed E-state index contributed by atoms with van der Waals surface area (Å²) in [6.07, 6.45) is -0.987. The third kappa shape index (κ3) is 5.36. The highest BCUT2D eigenvalue weighted by atomic mass is 32.2. The van der Waals surface area contributed by atoms with E-state index in [4.69, 9.17) is 10.00 Å². The van der Waals surface area contributed by atoms with Gasteiger partial charge in [-0.15, -0.1) is 11.8 Å². The van der Waals surface area contributed by atoms with Crippen LogP contribution in [0.1, 0.15) is 36.7 Å². The number of esters is 1. The Balaban J connectivity index is 1.97. The first kappa shape index (κ1) is 19.5. The van der Waals surface area contributed by atoms with E-state index in [2.05, 4.69) is 19.2 Å². The van der Waals surface area contributed by atoms with E-state index in [9.17, 15) is 9.59 Å². The molecule has 2 rings (SSSR count). The molecule has 2 aromatic rings. The molecule has 0 saturated carbocycles. The molecule has 2 aromatic carbocycles. The second-order valence-electron chi connectivity index (χ2n) is 5.89. The number of rotatable bonds is 6. The number of benzene rings is 2. The number of carbonyl (C=O) groups excluding carboxylic acids is 2. The van der Waals surface area contributed by atoms with Crippen molar-refractivity contribution < 1.29 is 14.3 Å². The molecule has 0 aromatic heterocycles. The van der Waals surface area contributed by atoms with Gasteiger partial charge in [0.15, 0.2) is 6.10 Å². The molecular weight excluding hydrogens is 348 g/mol. The number of para-hydroxylation sites is 1.